The van der Waals surface area contributed by atoms with Gasteiger partial charge in [-0.15, -0.1) is 0 Å². The Kier molecular flexibility index (Phi) is 5.51. The van der Waals surface area contributed by atoms with Crippen molar-refractivity contribution in [3.63, 3.8) is 0 Å². The topological polar surface area (TPSA) is 15.6 Å². The van der Waals surface area contributed by atoms with Crippen LogP contribution in [0.4, 0.5) is 0 Å². The zero-order chi connectivity index (χ0) is 13.5. The van der Waals surface area contributed by atoms with E-state index in [4.69, 9.17) is 4.76 Å². The van der Waals surface area contributed by atoms with E-state index in [1.807, 2.05) is 25.3 Å². The average molecular weight is 288 g/mol. The number of rotatable bonds is 5. The first-order valence-corrected chi connectivity index (χ1v) is 9.27. The van der Waals surface area contributed by atoms with Crippen molar-refractivity contribution >= 4 is 33.0 Å². The third-order valence-corrected chi connectivity index (χ3v) is 6.86. The molecule has 0 aromatic heterocycles. The summed E-state index contributed by atoms with van der Waals surface area (Å²) in [7, 11) is 4.22. The summed E-state index contributed by atoms with van der Waals surface area (Å²) in [5.74, 6) is 0. The lowest BCUT2D eigenvalue weighted by molar-refractivity contribution is 0.645. The maximum Gasteiger partial charge on any atom is 0.0896 e. The Morgan fingerprint density at radius 2 is 1.53 bits per heavy atom. The molecule has 0 bridgehead atoms. The molecule has 0 radical (unpaired) electrons. The number of nitrogens with zero attached hydrogens (tertiary/aromatic N) is 2. The van der Waals surface area contributed by atoms with Crippen LogP contribution in [0, 0.1) is 0 Å². The highest BCUT2D eigenvalue weighted by atomic mass is 32.1. The van der Waals surface area contributed by atoms with Gasteiger partial charge < -0.3 is 4.90 Å². The Balaban J connectivity index is 2.20. The van der Waals surface area contributed by atoms with Gasteiger partial charge in [0.25, 0.3) is 0 Å². The van der Waals surface area contributed by atoms with Crippen LogP contribution in [0.15, 0.2) is 65.4 Å². The van der Waals surface area contributed by atoms with Gasteiger partial charge in [-0.3, -0.25) is 0 Å². The first kappa shape index (κ1) is 14.2. The second-order valence-corrected chi connectivity index (χ2v) is 8.43. The zero-order valence-electron chi connectivity index (χ0n) is 11.2. The third-order valence-electron chi connectivity index (χ3n) is 2.41. The lowest BCUT2D eigenvalue weighted by atomic mass is 10.4. The van der Waals surface area contributed by atoms with Crippen molar-refractivity contribution in [1.29, 1.82) is 0 Å². The minimum Gasteiger partial charge on any atom is -0.369 e. The molecule has 2 unspecified atom stereocenters. The summed E-state index contributed by atoms with van der Waals surface area (Å²) in [6, 6.07) is 21.2. The minimum absolute atomic E-state index is 0.509. The Morgan fingerprint density at radius 1 is 0.947 bits per heavy atom. The fourth-order valence-corrected chi connectivity index (χ4v) is 5.53. The predicted octanol–water partition coefficient (Wildman–Crippen LogP) is 3.22. The van der Waals surface area contributed by atoms with Crippen molar-refractivity contribution in [2.75, 3.05) is 14.1 Å². The normalized spacial score (nSPS) is 13.2. The molecule has 98 valence electrons. The van der Waals surface area contributed by atoms with Crippen LogP contribution in [0.3, 0.4) is 0 Å². The molecule has 19 heavy (non-hydrogen) atoms. The van der Waals surface area contributed by atoms with Gasteiger partial charge in [0.2, 0.25) is 0 Å². The largest absolute Gasteiger partial charge is 0.369 e. The van der Waals surface area contributed by atoms with Crippen LogP contribution in [-0.2, 0) is 0 Å². The highest BCUT2D eigenvalue weighted by Gasteiger charge is 2.10. The van der Waals surface area contributed by atoms with E-state index in [-0.39, 0.29) is 0 Å². The van der Waals surface area contributed by atoms with Gasteiger partial charge in [0.1, 0.15) is 0 Å². The van der Waals surface area contributed by atoms with Crippen LogP contribution in [0.25, 0.3) is 0 Å². The minimum atomic E-state index is -0.509. The van der Waals surface area contributed by atoms with Gasteiger partial charge in [0.15, 0.2) is 0 Å². The molecule has 0 saturated carbocycles. The van der Waals surface area contributed by atoms with Gasteiger partial charge in [0, 0.05) is 19.4 Å². The van der Waals surface area contributed by atoms with Crippen LogP contribution in [0.1, 0.15) is 0 Å². The maximum atomic E-state index is 4.77. The van der Waals surface area contributed by atoms with Crippen LogP contribution >= 0.6 is 16.0 Å². The van der Waals surface area contributed by atoms with Crippen molar-refractivity contribution in [1.82, 2.24) is 4.90 Å². The fraction of sp³-hybridized carbons (Fsp3) is 0.133. The molecule has 0 aliphatic heterocycles. The molecule has 0 aliphatic rings. The molecule has 0 spiro atoms. The quantitative estimate of drug-likeness (QED) is 0.468. The summed E-state index contributed by atoms with van der Waals surface area (Å²) in [6.45, 7) is 0. The molecule has 2 nitrogen and oxygen atoms in total. The van der Waals surface area contributed by atoms with Gasteiger partial charge in [-0.2, -0.15) is 0 Å². The number of hydrogen-bond acceptors (Lipinski definition) is 1. The van der Waals surface area contributed by atoms with Crippen LogP contribution in [0.5, 0.6) is 0 Å². The molecule has 2 atom stereocenters. The molecule has 2 rings (SSSR count). The van der Waals surface area contributed by atoms with Gasteiger partial charge in [-0.05, 0) is 13.6 Å². The van der Waals surface area contributed by atoms with E-state index >= 15 is 0 Å². The maximum absolute atomic E-state index is 4.77. The molecule has 4 heteroatoms. The van der Waals surface area contributed by atoms with Crippen molar-refractivity contribution in [3.05, 3.63) is 60.7 Å². The van der Waals surface area contributed by atoms with Crippen molar-refractivity contribution in [2.45, 2.75) is 0 Å². The highest BCUT2D eigenvalue weighted by molar-refractivity contribution is 8.27. The van der Waals surface area contributed by atoms with Crippen LogP contribution in [-0.4, -0.2) is 25.3 Å². The zero-order valence-corrected chi connectivity index (χ0v) is 13.1. The smallest absolute Gasteiger partial charge is 0.0896 e. The second-order valence-electron chi connectivity index (χ2n) is 4.32. The third kappa shape index (κ3) is 4.74. The van der Waals surface area contributed by atoms with E-state index in [0.717, 1.165) is 0 Å². The van der Waals surface area contributed by atoms with E-state index in [9.17, 15) is 0 Å². The van der Waals surface area contributed by atoms with Gasteiger partial charge in [0.05, 0.1) is 14.1 Å². The molecule has 0 amide bonds. The summed E-state index contributed by atoms with van der Waals surface area (Å²) in [4.78, 5) is 1.99. The molecule has 0 heterocycles. The summed E-state index contributed by atoms with van der Waals surface area (Å²) in [5.41, 5.74) is 0. The molecular formula is C15H18N2P2. The highest BCUT2D eigenvalue weighted by Crippen LogP contribution is 2.54. The molecular weight excluding hydrogens is 270 g/mol. The summed E-state index contributed by atoms with van der Waals surface area (Å²) < 4.78 is 4.77. The second kappa shape index (κ2) is 7.38. The lowest BCUT2D eigenvalue weighted by Gasteiger charge is -2.14. The van der Waals surface area contributed by atoms with E-state index in [1.54, 1.807) is 0 Å². The van der Waals surface area contributed by atoms with E-state index in [2.05, 4.69) is 60.7 Å². The summed E-state index contributed by atoms with van der Waals surface area (Å²) in [6.07, 6.45) is 1.93. The molecule has 0 aliphatic carbocycles. The first-order valence-electron chi connectivity index (χ1n) is 6.13. The standard InChI is InChI=1S/C15H18N2P2/c1-17(2)13-16-19(15-11-7-4-8-12-15)18-14-9-5-3-6-10-14/h3-13,18H,1-2H3/b16-13+. The van der Waals surface area contributed by atoms with E-state index in [1.165, 1.54) is 10.6 Å². The van der Waals surface area contributed by atoms with Crippen LogP contribution < -0.4 is 10.6 Å². The van der Waals surface area contributed by atoms with E-state index in [0.29, 0.717) is 8.27 Å². The Labute approximate surface area is 118 Å². The van der Waals surface area contributed by atoms with Gasteiger partial charge >= 0.3 is 0 Å². The molecule has 0 fully saturated rings. The Bertz CT molecular complexity index is 512. The van der Waals surface area contributed by atoms with Gasteiger partial charge in [-0.1, -0.05) is 60.7 Å². The summed E-state index contributed by atoms with van der Waals surface area (Å²) >= 11 is 0. The predicted molar refractivity (Wildman–Crippen MR) is 89.6 cm³/mol. The average Bonchev–Trinajstić information content (AvgIpc) is 2.45. The van der Waals surface area contributed by atoms with Crippen molar-refractivity contribution in [2.24, 2.45) is 4.76 Å². The SMILES string of the molecule is CN(C)/C=N/P(Pc1ccccc1)c1ccccc1. The van der Waals surface area contributed by atoms with Crippen molar-refractivity contribution < 1.29 is 0 Å². The number of benzene rings is 2. The number of hydrogen-bond donors (Lipinski definition) is 0. The summed E-state index contributed by atoms with van der Waals surface area (Å²) in [5, 5.41) is 2.70. The van der Waals surface area contributed by atoms with E-state index < -0.39 is 7.76 Å². The first-order chi connectivity index (χ1) is 9.25. The fourth-order valence-electron chi connectivity index (χ4n) is 1.52. The molecule has 0 saturated heterocycles. The Morgan fingerprint density at radius 3 is 2.11 bits per heavy atom. The Hall–Kier alpha value is -1.23. The molecule has 0 N–H and O–H groups in total. The van der Waals surface area contributed by atoms with Crippen molar-refractivity contribution in [3.8, 4) is 0 Å². The van der Waals surface area contributed by atoms with Crippen LogP contribution in [0.2, 0.25) is 0 Å². The molecule has 2 aromatic carbocycles. The van der Waals surface area contributed by atoms with Gasteiger partial charge in [-0.25, -0.2) is 4.76 Å². The lowest BCUT2D eigenvalue weighted by Crippen LogP contribution is -2.08. The monoisotopic (exact) mass is 288 g/mol. The molecule has 2 aromatic rings.